The molecule has 0 aromatic heterocycles. The van der Waals surface area contributed by atoms with Gasteiger partial charge in [0.15, 0.2) is 17.6 Å². The molecule has 0 N–H and O–H groups in total. The van der Waals surface area contributed by atoms with Gasteiger partial charge < -0.3 is 14.2 Å². The Morgan fingerprint density at radius 3 is 2.48 bits per heavy atom. The third kappa shape index (κ3) is 4.05. The van der Waals surface area contributed by atoms with Crippen LogP contribution >= 0.6 is 0 Å². The van der Waals surface area contributed by atoms with E-state index in [-0.39, 0.29) is 35.5 Å². The summed E-state index contributed by atoms with van der Waals surface area (Å²) in [5.41, 5.74) is 1.36. The van der Waals surface area contributed by atoms with Crippen LogP contribution in [0.4, 0.5) is 0 Å². The number of carbonyl (C=O) groups excluding carboxylic acids is 3. The summed E-state index contributed by atoms with van der Waals surface area (Å²) in [5.74, 6) is -0.465. The molecule has 1 saturated heterocycles. The first-order valence-electron chi connectivity index (χ1n) is 11.1. The van der Waals surface area contributed by atoms with Gasteiger partial charge in [-0.3, -0.25) is 9.59 Å². The van der Waals surface area contributed by atoms with E-state index in [4.69, 9.17) is 14.2 Å². The van der Waals surface area contributed by atoms with Gasteiger partial charge in [0, 0.05) is 5.56 Å². The maximum Gasteiger partial charge on any atom is 0.346 e. The van der Waals surface area contributed by atoms with Crippen molar-refractivity contribution in [1.82, 2.24) is 5.01 Å². The highest BCUT2D eigenvalue weighted by Gasteiger charge is 2.59. The lowest BCUT2D eigenvalue weighted by Crippen LogP contribution is -2.28. The number of benzene rings is 1. The molecule has 2 aliphatic carbocycles. The zero-order valence-electron chi connectivity index (χ0n) is 19.0. The van der Waals surface area contributed by atoms with Gasteiger partial charge in [-0.2, -0.15) is 10.1 Å². The Labute approximate surface area is 192 Å². The number of esters is 1. The van der Waals surface area contributed by atoms with Crippen LogP contribution in [0.2, 0.25) is 0 Å². The van der Waals surface area contributed by atoms with E-state index in [2.05, 4.69) is 11.7 Å². The van der Waals surface area contributed by atoms with E-state index < -0.39 is 12.1 Å². The van der Waals surface area contributed by atoms with Crippen molar-refractivity contribution in [3.63, 3.8) is 0 Å². The molecule has 33 heavy (non-hydrogen) atoms. The van der Waals surface area contributed by atoms with Crippen molar-refractivity contribution in [3.05, 3.63) is 48.1 Å². The van der Waals surface area contributed by atoms with Crippen LogP contribution in [0.3, 0.4) is 0 Å². The van der Waals surface area contributed by atoms with Gasteiger partial charge in [0.05, 0.1) is 31.8 Å². The van der Waals surface area contributed by atoms with Gasteiger partial charge in [0.1, 0.15) is 0 Å². The Balaban J connectivity index is 1.62. The van der Waals surface area contributed by atoms with Crippen molar-refractivity contribution in [3.8, 4) is 11.5 Å². The minimum Gasteiger partial charge on any atom is -0.490 e. The molecule has 2 bridgehead atoms. The number of hydrogen-bond acceptors (Lipinski definition) is 7. The summed E-state index contributed by atoms with van der Waals surface area (Å²) in [4.78, 5) is 37.6. The van der Waals surface area contributed by atoms with Crippen molar-refractivity contribution in [2.45, 2.75) is 32.8 Å². The summed E-state index contributed by atoms with van der Waals surface area (Å²) >= 11 is 0. The van der Waals surface area contributed by atoms with Crippen LogP contribution in [0.1, 0.15) is 31.4 Å². The molecule has 5 atom stereocenters. The molecular formula is C25H28N2O6. The first kappa shape index (κ1) is 22.8. The van der Waals surface area contributed by atoms with Crippen LogP contribution in [0.15, 0.2) is 42.0 Å². The zero-order chi connectivity index (χ0) is 23.7. The minimum absolute atomic E-state index is 0.133. The topological polar surface area (TPSA) is 94.5 Å². The molecule has 174 valence electrons. The first-order chi connectivity index (χ1) is 15.9. The highest BCUT2D eigenvalue weighted by atomic mass is 16.6. The summed E-state index contributed by atoms with van der Waals surface area (Å²) in [5, 5.41) is 5.27. The summed E-state index contributed by atoms with van der Waals surface area (Å²) in [7, 11) is 1.30. The van der Waals surface area contributed by atoms with Crippen molar-refractivity contribution in [1.29, 1.82) is 0 Å². The predicted molar refractivity (Wildman–Crippen MR) is 121 cm³/mol. The Hall–Kier alpha value is -3.42. The number of nitrogens with zero attached hydrogens (tertiary/aromatic N) is 2. The first-order valence-corrected chi connectivity index (χ1v) is 11.1. The number of hydrazone groups is 1. The minimum atomic E-state index is -0.833. The average Bonchev–Trinajstić information content (AvgIpc) is 3.48. The molecule has 1 aromatic carbocycles. The Kier molecular flexibility index (Phi) is 6.35. The number of ether oxygens (including phenoxy) is 3. The highest BCUT2D eigenvalue weighted by Crippen LogP contribution is 2.52. The second kappa shape index (κ2) is 9.21. The largest absolute Gasteiger partial charge is 0.490 e. The lowest BCUT2D eigenvalue weighted by Gasteiger charge is -2.19. The number of methoxy groups -OCH3 is 1. The monoisotopic (exact) mass is 452 g/mol. The molecule has 1 aromatic rings. The molecule has 2 amide bonds. The smallest absolute Gasteiger partial charge is 0.346 e. The van der Waals surface area contributed by atoms with Crippen LogP contribution in [0.25, 0.3) is 0 Å². The third-order valence-electron chi connectivity index (χ3n) is 6.42. The number of fused-ring (bicyclic) bond motifs is 5. The SMILES string of the molecule is C=CCc1cc(C=NN2C(=O)[C@@H]3[C@H](C2=O)[C@H]2C=C[C@H]3C2)cc(OCC)c1O[C@@H](C)C(=O)OC. The van der Waals surface area contributed by atoms with Gasteiger partial charge in [0.25, 0.3) is 11.8 Å². The molecule has 4 rings (SSSR count). The molecule has 2 fully saturated rings. The Morgan fingerprint density at radius 2 is 1.91 bits per heavy atom. The van der Waals surface area contributed by atoms with E-state index in [1.165, 1.54) is 13.3 Å². The lowest BCUT2D eigenvalue weighted by molar-refractivity contribution is -0.148. The molecule has 8 heteroatoms. The maximum absolute atomic E-state index is 12.9. The fourth-order valence-corrected chi connectivity index (χ4v) is 4.98. The summed E-state index contributed by atoms with van der Waals surface area (Å²) in [6, 6.07) is 3.51. The maximum atomic E-state index is 12.9. The molecule has 1 aliphatic heterocycles. The van der Waals surface area contributed by atoms with E-state index >= 15 is 0 Å². The van der Waals surface area contributed by atoms with Crippen LogP contribution < -0.4 is 9.47 Å². The second-order valence-corrected chi connectivity index (χ2v) is 8.45. The summed E-state index contributed by atoms with van der Waals surface area (Å²) < 4.78 is 16.4. The van der Waals surface area contributed by atoms with Crippen LogP contribution in [-0.4, -0.2) is 48.8 Å². The van der Waals surface area contributed by atoms with Crippen LogP contribution in [0.5, 0.6) is 11.5 Å². The molecular weight excluding hydrogens is 424 g/mol. The lowest BCUT2D eigenvalue weighted by atomic mass is 9.85. The van der Waals surface area contributed by atoms with E-state index in [0.29, 0.717) is 30.1 Å². The van der Waals surface area contributed by atoms with Gasteiger partial charge in [-0.1, -0.05) is 18.2 Å². The predicted octanol–water partition coefficient (Wildman–Crippen LogP) is 2.90. The van der Waals surface area contributed by atoms with E-state index in [9.17, 15) is 14.4 Å². The standard InChI is InChI=1S/C25H28N2O6/c1-5-7-18-10-15(11-19(32-6-2)22(18)33-14(3)25(30)31-4)13-26-27-23(28)20-16-8-9-17(12-16)21(20)24(27)29/h5,8-11,13-14,16-17,20-21H,1,6-7,12H2,2-4H3/t14-,16-,17-,20-,21+/m0/s1. The number of amides is 2. The number of allylic oxidation sites excluding steroid dienone is 3. The van der Waals surface area contributed by atoms with Crippen molar-refractivity contribution in [2.24, 2.45) is 28.8 Å². The molecule has 0 spiro atoms. The molecule has 1 saturated carbocycles. The van der Waals surface area contributed by atoms with Crippen molar-refractivity contribution < 1.29 is 28.6 Å². The van der Waals surface area contributed by atoms with Crippen LogP contribution in [-0.2, 0) is 25.5 Å². The van der Waals surface area contributed by atoms with Gasteiger partial charge in [-0.05, 0) is 56.2 Å². The second-order valence-electron chi connectivity index (χ2n) is 8.45. The van der Waals surface area contributed by atoms with Crippen molar-refractivity contribution >= 4 is 24.0 Å². The molecule has 0 radical (unpaired) electrons. The Bertz CT molecular complexity index is 1020. The summed E-state index contributed by atoms with van der Waals surface area (Å²) in [6.07, 6.45) is 7.78. The fraction of sp³-hybridized carbons (Fsp3) is 0.440. The molecule has 1 heterocycles. The van der Waals surface area contributed by atoms with Crippen molar-refractivity contribution in [2.75, 3.05) is 13.7 Å². The normalized spacial score (nSPS) is 26.1. The molecule has 8 nitrogen and oxygen atoms in total. The van der Waals surface area contributed by atoms with Gasteiger partial charge in [0.2, 0.25) is 0 Å². The van der Waals surface area contributed by atoms with Crippen LogP contribution in [0, 0.1) is 23.7 Å². The number of imide groups is 1. The third-order valence-corrected chi connectivity index (χ3v) is 6.42. The Morgan fingerprint density at radius 1 is 1.24 bits per heavy atom. The van der Waals surface area contributed by atoms with E-state index in [0.717, 1.165) is 17.0 Å². The molecule has 0 unspecified atom stereocenters. The zero-order valence-corrected chi connectivity index (χ0v) is 19.0. The quantitative estimate of drug-likeness (QED) is 0.248. The fourth-order valence-electron chi connectivity index (χ4n) is 4.98. The number of hydrogen-bond donors (Lipinski definition) is 0. The van der Waals surface area contributed by atoms with Gasteiger partial charge >= 0.3 is 5.97 Å². The number of carbonyl (C=O) groups is 3. The van der Waals surface area contributed by atoms with E-state index in [1.807, 2.05) is 25.1 Å². The average molecular weight is 453 g/mol. The van der Waals surface area contributed by atoms with Gasteiger partial charge in [-0.25, -0.2) is 4.79 Å². The van der Waals surface area contributed by atoms with Gasteiger partial charge in [-0.15, -0.1) is 6.58 Å². The number of rotatable bonds is 9. The summed E-state index contributed by atoms with van der Waals surface area (Å²) in [6.45, 7) is 7.60. The van der Waals surface area contributed by atoms with E-state index in [1.54, 1.807) is 19.1 Å². The highest BCUT2D eigenvalue weighted by molar-refractivity contribution is 6.06. The molecule has 3 aliphatic rings.